The Hall–Kier alpha value is -0.600. The molecule has 0 aromatic heterocycles. The average molecular weight is 191 g/mol. The van der Waals surface area contributed by atoms with Crippen LogP contribution in [0.25, 0.3) is 0 Å². The molecule has 0 spiro atoms. The molecule has 70 valence electrons. The van der Waals surface area contributed by atoms with E-state index in [9.17, 15) is 8.42 Å². The molecular formula is C7H13NO3S. The van der Waals surface area contributed by atoms with Crippen molar-refractivity contribution in [3.8, 4) is 6.07 Å². The first-order valence-corrected chi connectivity index (χ1v) is 5.33. The Balaban J connectivity index is 4.12. The Bertz CT molecular complexity index is 252. The molecule has 0 radical (unpaired) electrons. The summed E-state index contributed by atoms with van der Waals surface area (Å²) in [5.41, 5.74) is 0. The third-order valence-corrected chi connectivity index (χ3v) is 3.69. The van der Waals surface area contributed by atoms with Gasteiger partial charge in [0, 0.05) is 7.11 Å². The van der Waals surface area contributed by atoms with Crippen molar-refractivity contribution >= 4 is 9.84 Å². The van der Waals surface area contributed by atoms with Gasteiger partial charge in [0.15, 0.2) is 9.84 Å². The summed E-state index contributed by atoms with van der Waals surface area (Å²) in [6, 6.07) is 1.83. The molecule has 1 unspecified atom stereocenters. The topological polar surface area (TPSA) is 67.2 Å². The lowest BCUT2D eigenvalue weighted by atomic mass is 10.4. The Labute approximate surface area is 73.1 Å². The minimum Gasteiger partial charge on any atom is -0.384 e. The van der Waals surface area contributed by atoms with E-state index in [0.29, 0.717) is 0 Å². The van der Waals surface area contributed by atoms with Crippen molar-refractivity contribution in [3.05, 3.63) is 0 Å². The van der Waals surface area contributed by atoms with Gasteiger partial charge in [-0.2, -0.15) is 5.26 Å². The van der Waals surface area contributed by atoms with E-state index in [-0.39, 0.29) is 18.8 Å². The van der Waals surface area contributed by atoms with Crippen LogP contribution in [-0.2, 0) is 14.6 Å². The summed E-state index contributed by atoms with van der Waals surface area (Å²) in [7, 11) is -1.68. The van der Waals surface area contributed by atoms with Crippen LogP contribution in [0.1, 0.15) is 13.3 Å². The predicted octanol–water partition coefficient (Wildman–Crippen LogP) is 0.350. The van der Waals surface area contributed by atoms with Crippen molar-refractivity contribution in [1.29, 1.82) is 5.26 Å². The van der Waals surface area contributed by atoms with Crippen LogP contribution >= 0.6 is 0 Å². The molecule has 4 nitrogen and oxygen atoms in total. The van der Waals surface area contributed by atoms with Crippen molar-refractivity contribution in [1.82, 2.24) is 0 Å². The number of nitriles is 1. The highest BCUT2D eigenvalue weighted by Gasteiger charge is 2.19. The SMILES string of the molecule is COCCS(=O)(=O)C(C)CC#N. The van der Waals surface area contributed by atoms with Gasteiger partial charge in [-0.3, -0.25) is 0 Å². The Morgan fingerprint density at radius 2 is 2.17 bits per heavy atom. The highest BCUT2D eigenvalue weighted by atomic mass is 32.2. The summed E-state index contributed by atoms with van der Waals surface area (Å²) in [4.78, 5) is 0. The van der Waals surface area contributed by atoms with Crippen LogP contribution in [0.2, 0.25) is 0 Å². The van der Waals surface area contributed by atoms with E-state index in [1.165, 1.54) is 14.0 Å². The molecule has 0 bridgehead atoms. The maximum Gasteiger partial charge on any atom is 0.156 e. The van der Waals surface area contributed by atoms with Crippen molar-refractivity contribution in [2.75, 3.05) is 19.5 Å². The molecule has 0 fully saturated rings. The van der Waals surface area contributed by atoms with Crippen molar-refractivity contribution in [2.24, 2.45) is 0 Å². The molecule has 1 atom stereocenters. The monoisotopic (exact) mass is 191 g/mol. The largest absolute Gasteiger partial charge is 0.384 e. The predicted molar refractivity (Wildman–Crippen MR) is 45.4 cm³/mol. The summed E-state index contributed by atoms with van der Waals surface area (Å²) in [5.74, 6) is -0.00759. The third kappa shape index (κ3) is 3.69. The molecule has 5 heteroatoms. The number of ether oxygens (including phenoxy) is 1. The molecule has 0 N–H and O–H groups in total. The van der Waals surface area contributed by atoms with Crippen LogP contribution in [0.4, 0.5) is 0 Å². The lowest BCUT2D eigenvalue weighted by Gasteiger charge is -2.07. The summed E-state index contributed by atoms with van der Waals surface area (Å²) < 4.78 is 27.1. The van der Waals surface area contributed by atoms with E-state index >= 15 is 0 Å². The quantitative estimate of drug-likeness (QED) is 0.629. The standard InChI is InChI=1S/C7H13NO3S/c1-7(3-4-8)12(9,10)6-5-11-2/h7H,3,5-6H2,1-2H3. The fraction of sp³-hybridized carbons (Fsp3) is 0.857. The number of methoxy groups -OCH3 is 1. The van der Waals surface area contributed by atoms with E-state index in [0.717, 1.165) is 0 Å². The molecule has 0 aromatic carbocycles. The van der Waals surface area contributed by atoms with Crippen LogP contribution in [0.5, 0.6) is 0 Å². The minimum atomic E-state index is -3.13. The van der Waals surface area contributed by atoms with E-state index < -0.39 is 15.1 Å². The number of hydrogen-bond acceptors (Lipinski definition) is 4. The van der Waals surface area contributed by atoms with Gasteiger partial charge >= 0.3 is 0 Å². The number of rotatable bonds is 5. The lowest BCUT2D eigenvalue weighted by molar-refractivity contribution is 0.217. The molecule has 0 aliphatic heterocycles. The van der Waals surface area contributed by atoms with E-state index in [4.69, 9.17) is 5.26 Å². The van der Waals surface area contributed by atoms with Crippen LogP contribution in [0, 0.1) is 11.3 Å². The van der Waals surface area contributed by atoms with Crippen molar-refractivity contribution < 1.29 is 13.2 Å². The van der Waals surface area contributed by atoms with Gasteiger partial charge in [-0.15, -0.1) is 0 Å². The van der Waals surface area contributed by atoms with Gasteiger partial charge in [0.05, 0.1) is 30.1 Å². The van der Waals surface area contributed by atoms with Gasteiger partial charge in [0.1, 0.15) is 0 Å². The molecule has 0 heterocycles. The van der Waals surface area contributed by atoms with E-state index in [1.807, 2.05) is 6.07 Å². The molecular weight excluding hydrogens is 178 g/mol. The van der Waals surface area contributed by atoms with Crippen LogP contribution in [-0.4, -0.2) is 33.1 Å². The van der Waals surface area contributed by atoms with Gasteiger partial charge in [-0.05, 0) is 6.92 Å². The Kier molecular flexibility index (Phi) is 4.86. The maximum atomic E-state index is 11.2. The van der Waals surface area contributed by atoms with E-state index in [1.54, 1.807) is 0 Å². The Morgan fingerprint density at radius 1 is 1.58 bits per heavy atom. The highest BCUT2D eigenvalue weighted by Crippen LogP contribution is 2.05. The maximum absolute atomic E-state index is 11.2. The fourth-order valence-electron chi connectivity index (χ4n) is 0.656. The highest BCUT2D eigenvalue weighted by molar-refractivity contribution is 7.92. The van der Waals surface area contributed by atoms with Gasteiger partial charge in [-0.25, -0.2) is 8.42 Å². The van der Waals surface area contributed by atoms with Crippen LogP contribution in [0.15, 0.2) is 0 Å². The van der Waals surface area contributed by atoms with Gasteiger partial charge in [0.2, 0.25) is 0 Å². The molecule has 0 aliphatic rings. The number of nitrogens with zero attached hydrogens (tertiary/aromatic N) is 1. The first kappa shape index (κ1) is 11.4. The first-order chi connectivity index (χ1) is 5.54. The van der Waals surface area contributed by atoms with Crippen LogP contribution in [0.3, 0.4) is 0 Å². The summed E-state index contributed by atoms with van der Waals surface area (Å²) in [5, 5.41) is 7.69. The van der Waals surface area contributed by atoms with Crippen molar-refractivity contribution in [2.45, 2.75) is 18.6 Å². The fourth-order valence-corrected chi connectivity index (χ4v) is 1.79. The summed E-state index contributed by atoms with van der Waals surface area (Å²) in [6.45, 7) is 1.73. The van der Waals surface area contributed by atoms with Gasteiger partial charge < -0.3 is 4.74 Å². The van der Waals surface area contributed by atoms with Crippen molar-refractivity contribution in [3.63, 3.8) is 0 Å². The van der Waals surface area contributed by atoms with Crippen LogP contribution < -0.4 is 0 Å². The summed E-state index contributed by atoms with van der Waals surface area (Å²) >= 11 is 0. The zero-order valence-electron chi connectivity index (χ0n) is 7.28. The molecule has 0 rings (SSSR count). The first-order valence-electron chi connectivity index (χ1n) is 3.62. The van der Waals surface area contributed by atoms with Gasteiger partial charge in [-0.1, -0.05) is 0 Å². The molecule has 0 saturated carbocycles. The molecule has 12 heavy (non-hydrogen) atoms. The number of sulfone groups is 1. The normalized spacial score (nSPS) is 13.8. The number of hydrogen-bond donors (Lipinski definition) is 0. The summed E-state index contributed by atoms with van der Waals surface area (Å²) in [6.07, 6.45) is 0.0477. The molecule has 0 aromatic rings. The zero-order chi connectivity index (χ0) is 9.61. The molecule has 0 amide bonds. The third-order valence-electron chi connectivity index (χ3n) is 1.56. The zero-order valence-corrected chi connectivity index (χ0v) is 8.10. The second-order valence-corrected chi connectivity index (χ2v) is 5.07. The molecule has 0 saturated heterocycles. The second kappa shape index (κ2) is 5.12. The van der Waals surface area contributed by atoms with Gasteiger partial charge in [0.25, 0.3) is 0 Å². The Morgan fingerprint density at radius 3 is 2.58 bits per heavy atom. The second-order valence-electron chi connectivity index (χ2n) is 2.53. The smallest absolute Gasteiger partial charge is 0.156 e. The van der Waals surface area contributed by atoms with E-state index in [2.05, 4.69) is 4.74 Å². The molecule has 0 aliphatic carbocycles. The average Bonchev–Trinajstić information content (AvgIpc) is 2.01. The lowest BCUT2D eigenvalue weighted by Crippen LogP contribution is -2.22. The minimum absolute atomic E-state index is 0.00759.